The molecule has 0 radical (unpaired) electrons. The van der Waals surface area contributed by atoms with Crippen LogP contribution in [-0.4, -0.2) is 71.0 Å². The van der Waals surface area contributed by atoms with Gasteiger partial charge in [0.05, 0.1) is 67.4 Å². The highest BCUT2D eigenvalue weighted by Gasteiger charge is 2.22. The van der Waals surface area contributed by atoms with Gasteiger partial charge in [-0.25, -0.2) is 18.7 Å². The fraction of sp³-hybridized carbons (Fsp3) is 0.219. The lowest BCUT2D eigenvalue weighted by molar-refractivity contribution is 0.0302. The number of pyridine rings is 2. The SMILES string of the molecule is COc1ccc(Cn2cc3nc(-c4c(F)cccc4F)cc(Nc4ccc(C(=O)N5CCOCC5)cn4)c3c2O)c(OC)c1. The molecule has 6 rings (SSSR count). The molecule has 44 heavy (non-hydrogen) atoms. The highest BCUT2D eigenvalue weighted by molar-refractivity contribution is 5.99. The Kier molecular flexibility index (Phi) is 7.99. The number of amides is 1. The summed E-state index contributed by atoms with van der Waals surface area (Å²) in [5.74, 6) is -0.329. The first-order chi connectivity index (χ1) is 21.4. The van der Waals surface area contributed by atoms with Crippen molar-refractivity contribution in [3.05, 3.63) is 89.8 Å². The standard InChI is InChI=1S/C32H29F2N5O5/c1-42-21-8-6-20(27(14-21)43-2)17-39-18-26-30(32(39)41)25(15-24(36-26)29-22(33)4-3-5-23(29)34)37-28-9-7-19(16-35-28)31(40)38-10-12-44-13-11-38/h3-9,14-16,18,41H,10-13,17H2,1-2H3,(H,35,37). The molecule has 3 aromatic heterocycles. The van der Waals surface area contributed by atoms with Crippen LogP contribution in [0.15, 0.2) is 67.0 Å². The van der Waals surface area contributed by atoms with Crippen molar-refractivity contribution in [2.45, 2.75) is 6.54 Å². The molecule has 1 amide bonds. The molecule has 1 saturated heterocycles. The number of anilines is 2. The molecule has 1 fully saturated rings. The van der Waals surface area contributed by atoms with E-state index >= 15 is 0 Å². The smallest absolute Gasteiger partial charge is 0.255 e. The first-order valence-electron chi connectivity index (χ1n) is 13.8. The van der Waals surface area contributed by atoms with Crippen molar-refractivity contribution in [2.75, 3.05) is 45.8 Å². The first kappa shape index (κ1) is 28.9. The number of hydrogen-bond donors (Lipinski definition) is 2. The molecule has 4 heterocycles. The number of fused-ring (bicyclic) bond motifs is 1. The predicted molar refractivity (Wildman–Crippen MR) is 160 cm³/mol. The van der Waals surface area contributed by atoms with Gasteiger partial charge in [-0.15, -0.1) is 0 Å². The molecule has 226 valence electrons. The number of rotatable bonds is 8. The highest BCUT2D eigenvalue weighted by Crippen LogP contribution is 2.39. The number of methoxy groups -OCH3 is 2. The lowest BCUT2D eigenvalue weighted by Crippen LogP contribution is -2.40. The first-order valence-corrected chi connectivity index (χ1v) is 13.8. The van der Waals surface area contributed by atoms with E-state index in [9.17, 15) is 18.7 Å². The average Bonchev–Trinajstić information content (AvgIpc) is 3.36. The second-order valence-corrected chi connectivity index (χ2v) is 10.1. The van der Waals surface area contributed by atoms with E-state index in [1.54, 1.807) is 47.0 Å². The van der Waals surface area contributed by atoms with Gasteiger partial charge in [-0.05, 0) is 42.5 Å². The van der Waals surface area contributed by atoms with Crippen molar-refractivity contribution >= 4 is 28.3 Å². The van der Waals surface area contributed by atoms with Crippen molar-refractivity contribution in [2.24, 2.45) is 0 Å². The summed E-state index contributed by atoms with van der Waals surface area (Å²) in [6.45, 7) is 2.17. The van der Waals surface area contributed by atoms with Gasteiger partial charge in [0, 0.05) is 37.1 Å². The van der Waals surface area contributed by atoms with Crippen LogP contribution in [0.2, 0.25) is 0 Å². The molecule has 1 aliphatic rings. The molecular formula is C32H29F2N5O5. The Balaban J connectivity index is 1.40. The quantitative estimate of drug-likeness (QED) is 0.245. The number of ether oxygens (including phenoxy) is 3. The van der Waals surface area contributed by atoms with Crippen LogP contribution in [0.5, 0.6) is 17.4 Å². The van der Waals surface area contributed by atoms with Gasteiger partial charge in [0.15, 0.2) is 0 Å². The lowest BCUT2D eigenvalue weighted by atomic mass is 10.1. The van der Waals surface area contributed by atoms with Crippen LogP contribution in [0.1, 0.15) is 15.9 Å². The zero-order chi connectivity index (χ0) is 30.8. The normalized spacial score (nSPS) is 13.2. The third-order valence-electron chi connectivity index (χ3n) is 7.45. The Bertz CT molecular complexity index is 1820. The van der Waals surface area contributed by atoms with Gasteiger partial charge in [-0.2, -0.15) is 0 Å². The fourth-order valence-corrected chi connectivity index (χ4v) is 5.18. The van der Waals surface area contributed by atoms with Gasteiger partial charge in [0.25, 0.3) is 5.91 Å². The molecule has 0 saturated carbocycles. The summed E-state index contributed by atoms with van der Waals surface area (Å²) in [6, 6.07) is 13.6. The third-order valence-corrected chi connectivity index (χ3v) is 7.45. The van der Waals surface area contributed by atoms with E-state index in [2.05, 4.69) is 15.3 Å². The van der Waals surface area contributed by atoms with Crippen molar-refractivity contribution in [1.29, 1.82) is 0 Å². The lowest BCUT2D eigenvalue weighted by Gasteiger charge is -2.26. The van der Waals surface area contributed by atoms with E-state index < -0.39 is 11.6 Å². The minimum absolute atomic E-state index is 0.0221. The van der Waals surface area contributed by atoms with E-state index in [0.29, 0.717) is 60.3 Å². The third kappa shape index (κ3) is 5.59. The van der Waals surface area contributed by atoms with Crippen LogP contribution in [0.4, 0.5) is 20.3 Å². The summed E-state index contributed by atoms with van der Waals surface area (Å²) in [5, 5.41) is 14.8. The number of morpholine rings is 1. The minimum atomic E-state index is -0.779. The van der Waals surface area contributed by atoms with Gasteiger partial charge in [0.1, 0.15) is 29.0 Å². The number of carbonyl (C=O) groups is 1. The largest absolute Gasteiger partial charge is 0.497 e. The number of aromatic hydroxyl groups is 1. The number of nitrogens with one attached hydrogen (secondary N) is 1. The van der Waals surface area contributed by atoms with E-state index in [1.165, 1.54) is 25.4 Å². The molecule has 0 unspecified atom stereocenters. The van der Waals surface area contributed by atoms with E-state index in [0.717, 1.165) is 17.7 Å². The van der Waals surface area contributed by atoms with Crippen LogP contribution in [0, 0.1) is 11.6 Å². The molecule has 0 aliphatic carbocycles. The molecule has 1 aliphatic heterocycles. The summed E-state index contributed by atoms with van der Waals surface area (Å²) in [5.41, 5.74) is 1.48. The number of benzene rings is 2. The van der Waals surface area contributed by atoms with Crippen LogP contribution in [0.25, 0.3) is 22.2 Å². The van der Waals surface area contributed by atoms with Crippen molar-refractivity contribution in [3.63, 3.8) is 0 Å². The summed E-state index contributed by atoms with van der Waals surface area (Å²) in [6.07, 6.45) is 3.05. The maximum Gasteiger partial charge on any atom is 0.255 e. The van der Waals surface area contributed by atoms with Gasteiger partial charge in [-0.1, -0.05) is 6.07 Å². The van der Waals surface area contributed by atoms with E-state index in [4.69, 9.17) is 14.2 Å². The molecule has 2 aromatic carbocycles. The zero-order valence-electron chi connectivity index (χ0n) is 24.0. The Morgan fingerprint density at radius 2 is 1.82 bits per heavy atom. The van der Waals surface area contributed by atoms with E-state index in [1.807, 2.05) is 6.07 Å². The van der Waals surface area contributed by atoms with Crippen molar-refractivity contribution in [1.82, 2.24) is 19.4 Å². The topological polar surface area (TPSA) is 111 Å². The second kappa shape index (κ2) is 12.2. The van der Waals surface area contributed by atoms with Gasteiger partial charge >= 0.3 is 0 Å². The van der Waals surface area contributed by atoms with Crippen molar-refractivity contribution in [3.8, 4) is 28.6 Å². The number of carbonyl (C=O) groups excluding carboxylic acids is 1. The summed E-state index contributed by atoms with van der Waals surface area (Å²) in [4.78, 5) is 23.5. The Labute approximate surface area is 251 Å². The van der Waals surface area contributed by atoms with Gasteiger partial charge < -0.3 is 34.1 Å². The molecule has 12 heteroatoms. The number of nitrogens with zero attached hydrogens (tertiary/aromatic N) is 4. The van der Waals surface area contributed by atoms with Crippen LogP contribution >= 0.6 is 0 Å². The van der Waals surface area contributed by atoms with Crippen LogP contribution < -0.4 is 14.8 Å². The highest BCUT2D eigenvalue weighted by atomic mass is 19.1. The number of hydrogen-bond acceptors (Lipinski definition) is 8. The minimum Gasteiger partial charge on any atom is -0.497 e. The number of aromatic nitrogens is 3. The van der Waals surface area contributed by atoms with Crippen LogP contribution in [0.3, 0.4) is 0 Å². The Morgan fingerprint density at radius 1 is 1.05 bits per heavy atom. The zero-order valence-corrected chi connectivity index (χ0v) is 24.0. The average molecular weight is 602 g/mol. The fourth-order valence-electron chi connectivity index (χ4n) is 5.18. The summed E-state index contributed by atoms with van der Waals surface area (Å²) in [7, 11) is 3.09. The molecule has 10 nitrogen and oxygen atoms in total. The number of halogens is 2. The Hall–Kier alpha value is -5.23. The maximum atomic E-state index is 14.9. The summed E-state index contributed by atoms with van der Waals surface area (Å²) >= 11 is 0. The molecule has 2 N–H and O–H groups in total. The van der Waals surface area contributed by atoms with E-state index in [-0.39, 0.29) is 35.1 Å². The van der Waals surface area contributed by atoms with Crippen molar-refractivity contribution < 1.29 is 32.9 Å². The molecule has 0 spiro atoms. The van der Waals surface area contributed by atoms with Gasteiger partial charge in [-0.3, -0.25) is 4.79 Å². The Morgan fingerprint density at radius 3 is 2.50 bits per heavy atom. The predicted octanol–water partition coefficient (Wildman–Crippen LogP) is 5.36. The van der Waals surface area contributed by atoms with Crippen LogP contribution in [-0.2, 0) is 11.3 Å². The monoisotopic (exact) mass is 601 g/mol. The molecule has 0 atom stereocenters. The second-order valence-electron chi connectivity index (χ2n) is 10.1. The van der Waals surface area contributed by atoms with Gasteiger partial charge in [0.2, 0.25) is 5.88 Å². The summed E-state index contributed by atoms with van der Waals surface area (Å²) < 4.78 is 47.4. The maximum absolute atomic E-state index is 14.9. The molecular weight excluding hydrogens is 572 g/mol. The molecule has 0 bridgehead atoms. The molecule has 5 aromatic rings.